The number of carbonyl (C=O) groups is 1. The Morgan fingerprint density at radius 3 is 2.20 bits per heavy atom. The van der Waals surface area contributed by atoms with Crippen LogP contribution in [0.2, 0.25) is 0 Å². The lowest BCUT2D eigenvalue weighted by atomic mass is 10.1. The quantitative estimate of drug-likeness (QED) is 0.454. The Morgan fingerprint density at radius 2 is 1.68 bits per heavy atom. The van der Waals surface area contributed by atoms with Crippen molar-refractivity contribution in [3.05, 3.63) is 75.8 Å². The molecule has 6 heteroatoms. The normalized spacial score (nSPS) is 12.0. The van der Waals surface area contributed by atoms with E-state index in [1.807, 2.05) is 30.3 Å². The van der Waals surface area contributed by atoms with Gasteiger partial charge in [0, 0.05) is 12.1 Å². The minimum absolute atomic E-state index is 0.0521. The summed E-state index contributed by atoms with van der Waals surface area (Å²) in [6.07, 6.45) is -0.362. The molecule has 0 aromatic heterocycles. The second-order valence-corrected chi connectivity index (χ2v) is 5.77. The first kappa shape index (κ1) is 18.6. The van der Waals surface area contributed by atoms with Gasteiger partial charge in [0.25, 0.3) is 5.69 Å². The molecule has 0 spiro atoms. The molecule has 0 heterocycles. The number of nitro benzene ring substituents is 1. The predicted molar refractivity (Wildman–Crippen MR) is 94.6 cm³/mol. The number of non-ortho nitro benzene ring substituents is 1. The molecule has 2 aromatic rings. The second kappa shape index (κ2) is 8.94. The van der Waals surface area contributed by atoms with Gasteiger partial charge in [-0.2, -0.15) is 0 Å². The molecular formula is C19H23N2O4+. The van der Waals surface area contributed by atoms with Crippen molar-refractivity contribution < 1.29 is 19.4 Å². The number of nitrogens with one attached hydrogen (secondary N) is 1. The number of nitrogens with zero attached hydrogens (tertiary/aromatic N) is 1. The number of esters is 1. The summed E-state index contributed by atoms with van der Waals surface area (Å²) in [5.41, 5.74) is 1.20. The fourth-order valence-corrected chi connectivity index (χ4v) is 2.61. The van der Waals surface area contributed by atoms with E-state index in [1.165, 1.54) is 29.2 Å². The fourth-order valence-electron chi connectivity index (χ4n) is 2.61. The van der Waals surface area contributed by atoms with Crippen molar-refractivity contribution in [3.63, 3.8) is 0 Å². The number of carbonyl (C=O) groups excluding carboxylic acids is 1. The van der Waals surface area contributed by atoms with Gasteiger partial charge in [-0.05, 0) is 31.5 Å². The molecule has 0 aliphatic carbocycles. The molecule has 1 atom stereocenters. The zero-order chi connectivity index (χ0) is 18.2. The number of likely N-dealkylation sites (N-methyl/N-ethyl adjacent to an activating group) is 1. The van der Waals surface area contributed by atoms with Crippen LogP contribution in [0, 0.1) is 10.1 Å². The Labute approximate surface area is 147 Å². The van der Waals surface area contributed by atoms with Crippen molar-refractivity contribution >= 4 is 11.7 Å². The molecule has 0 unspecified atom stereocenters. The first-order chi connectivity index (χ1) is 12.0. The van der Waals surface area contributed by atoms with E-state index in [0.717, 1.165) is 18.7 Å². The second-order valence-electron chi connectivity index (χ2n) is 5.77. The number of hydrogen-bond donors (Lipinski definition) is 1. The zero-order valence-electron chi connectivity index (χ0n) is 14.5. The molecule has 2 rings (SSSR count). The van der Waals surface area contributed by atoms with Crippen LogP contribution in [-0.4, -0.2) is 30.5 Å². The molecule has 0 aliphatic rings. The third-order valence-electron chi connectivity index (χ3n) is 4.21. The first-order valence-electron chi connectivity index (χ1n) is 8.39. The Kier molecular flexibility index (Phi) is 6.65. The standard InChI is InChI=1S/C19H22N2O4/c1-3-20(4-2)14-18(15-8-6-5-7-9-15)25-19(22)16-10-12-17(13-11-16)21(23)24/h5-13,18H,3-4,14H2,1-2H3/p+1/t18-/m1/s1. The third kappa shape index (κ3) is 5.12. The molecule has 0 saturated carbocycles. The van der Waals surface area contributed by atoms with Crippen molar-refractivity contribution in [2.45, 2.75) is 20.0 Å². The highest BCUT2D eigenvalue weighted by Gasteiger charge is 2.22. The highest BCUT2D eigenvalue weighted by molar-refractivity contribution is 5.89. The van der Waals surface area contributed by atoms with Crippen molar-refractivity contribution in [2.24, 2.45) is 0 Å². The molecule has 0 aliphatic heterocycles. The monoisotopic (exact) mass is 343 g/mol. The molecule has 0 radical (unpaired) electrons. The van der Waals surface area contributed by atoms with Crippen LogP contribution in [0.4, 0.5) is 5.69 Å². The summed E-state index contributed by atoms with van der Waals surface area (Å²) >= 11 is 0. The predicted octanol–water partition coefficient (Wildman–Crippen LogP) is 2.42. The number of rotatable bonds is 8. The van der Waals surface area contributed by atoms with Gasteiger partial charge in [0.2, 0.25) is 0 Å². The molecule has 0 saturated heterocycles. The summed E-state index contributed by atoms with van der Waals surface area (Å²) in [6, 6.07) is 15.1. The summed E-state index contributed by atoms with van der Waals surface area (Å²) in [6.45, 7) is 6.75. The summed E-state index contributed by atoms with van der Waals surface area (Å²) in [7, 11) is 0. The summed E-state index contributed by atoms with van der Waals surface area (Å²) in [5, 5.41) is 10.7. The lowest BCUT2D eigenvalue weighted by molar-refractivity contribution is -0.900. The Hall–Kier alpha value is -2.73. The lowest BCUT2D eigenvalue weighted by Crippen LogP contribution is -3.11. The van der Waals surface area contributed by atoms with Crippen molar-refractivity contribution in [3.8, 4) is 0 Å². The maximum absolute atomic E-state index is 12.5. The molecule has 0 bridgehead atoms. The minimum Gasteiger partial charge on any atom is -0.448 e. The van der Waals surface area contributed by atoms with E-state index in [0.29, 0.717) is 12.1 Å². The topological polar surface area (TPSA) is 73.9 Å². The molecule has 6 nitrogen and oxygen atoms in total. The Bertz CT molecular complexity index is 697. The van der Waals surface area contributed by atoms with Gasteiger partial charge < -0.3 is 9.64 Å². The SMILES string of the molecule is CC[NH+](CC)C[C@@H](OC(=O)c1ccc([N+](=O)[O-])cc1)c1ccccc1. The van der Waals surface area contributed by atoms with Crippen molar-refractivity contribution in [1.29, 1.82) is 0 Å². The van der Waals surface area contributed by atoms with Crippen LogP contribution in [0.3, 0.4) is 0 Å². The number of ether oxygens (including phenoxy) is 1. The highest BCUT2D eigenvalue weighted by Crippen LogP contribution is 2.19. The average Bonchev–Trinajstić information content (AvgIpc) is 2.65. The van der Waals surface area contributed by atoms with E-state index in [-0.39, 0.29) is 11.8 Å². The Morgan fingerprint density at radius 1 is 1.08 bits per heavy atom. The molecule has 1 N–H and O–H groups in total. The number of quaternary nitrogens is 1. The van der Waals surface area contributed by atoms with Gasteiger partial charge in [0.15, 0.2) is 6.10 Å². The Balaban J connectivity index is 2.17. The van der Waals surface area contributed by atoms with Crippen LogP contribution in [0.5, 0.6) is 0 Å². The van der Waals surface area contributed by atoms with Gasteiger partial charge in [-0.15, -0.1) is 0 Å². The molecule has 2 aromatic carbocycles. The smallest absolute Gasteiger partial charge is 0.338 e. The molecule has 0 fully saturated rings. The van der Waals surface area contributed by atoms with Crippen LogP contribution in [-0.2, 0) is 4.74 Å². The van der Waals surface area contributed by atoms with Crippen LogP contribution < -0.4 is 4.90 Å². The molecule has 0 amide bonds. The van der Waals surface area contributed by atoms with E-state index in [1.54, 1.807) is 0 Å². The summed E-state index contributed by atoms with van der Waals surface area (Å²) < 4.78 is 5.73. The van der Waals surface area contributed by atoms with E-state index in [4.69, 9.17) is 4.74 Å². The number of nitro groups is 1. The van der Waals surface area contributed by atoms with Gasteiger partial charge in [-0.25, -0.2) is 4.79 Å². The van der Waals surface area contributed by atoms with Crippen molar-refractivity contribution in [1.82, 2.24) is 0 Å². The van der Waals surface area contributed by atoms with Gasteiger partial charge in [0.05, 0.1) is 23.6 Å². The van der Waals surface area contributed by atoms with Crippen LogP contribution in [0.25, 0.3) is 0 Å². The highest BCUT2D eigenvalue weighted by atomic mass is 16.6. The minimum atomic E-state index is -0.494. The van der Waals surface area contributed by atoms with E-state index in [2.05, 4.69) is 13.8 Å². The molecule has 25 heavy (non-hydrogen) atoms. The summed E-state index contributed by atoms with van der Waals surface area (Å²) in [5.74, 6) is -0.477. The third-order valence-corrected chi connectivity index (χ3v) is 4.21. The average molecular weight is 343 g/mol. The lowest BCUT2D eigenvalue weighted by Gasteiger charge is -2.23. The molecular weight excluding hydrogens is 320 g/mol. The maximum Gasteiger partial charge on any atom is 0.338 e. The van der Waals surface area contributed by atoms with Gasteiger partial charge in [-0.1, -0.05) is 30.3 Å². The van der Waals surface area contributed by atoms with E-state index < -0.39 is 10.9 Å². The largest absolute Gasteiger partial charge is 0.448 e. The van der Waals surface area contributed by atoms with Gasteiger partial charge >= 0.3 is 5.97 Å². The number of hydrogen-bond acceptors (Lipinski definition) is 4. The zero-order valence-corrected chi connectivity index (χ0v) is 14.5. The molecule has 132 valence electrons. The van der Waals surface area contributed by atoms with E-state index in [9.17, 15) is 14.9 Å². The first-order valence-corrected chi connectivity index (χ1v) is 8.39. The van der Waals surface area contributed by atoms with Gasteiger partial charge in [-0.3, -0.25) is 10.1 Å². The van der Waals surface area contributed by atoms with Crippen LogP contribution >= 0.6 is 0 Å². The van der Waals surface area contributed by atoms with Crippen molar-refractivity contribution in [2.75, 3.05) is 19.6 Å². The summed E-state index contributed by atoms with van der Waals surface area (Å²) in [4.78, 5) is 24.0. The fraction of sp³-hybridized carbons (Fsp3) is 0.316. The van der Waals surface area contributed by atoms with Crippen LogP contribution in [0.1, 0.15) is 35.9 Å². The maximum atomic E-state index is 12.5. The van der Waals surface area contributed by atoms with Gasteiger partial charge in [0.1, 0.15) is 6.54 Å². The van der Waals surface area contributed by atoms with Crippen LogP contribution in [0.15, 0.2) is 54.6 Å². The number of benzene rings is 2. The van der Waals surface area contributed by atoms with E-state index >= 15 is 0 Å².